The van der Waals surface area contributed by atoms with E-state index < -0.39 is 0 Å². The Kier molecular flexibility index (Phi) is 2.48. The van der Waals surface area contributed by atoms with Crippen LogP contribution < -0.4 is 5.32 Å². The van der Waals surface area contributed by atoms with E-state index in [2.05, 4.69) is 29.4 Å². The molecule has 0 bridgehead atoms. The lowest BCUT2D eigenvalue weighted by Gasteiger charge is -2.27. The third-order valence-corrected chi connectivity index (χ3v) is 4.08. The molecule has 2 aliphatic rings. The van der Waals surface area contributed by atoms with Gasteiger partial charge < -0.3 is 5.32 Å². The summed E-state index contributed by atoms with van der Waals surface area (Å²) in [6.07, 6.45) is 1.03. The summed E-state index contributed by atoms with van der Waals surface area (Å²) in [5.41, 5.74) is 1.28. The summed E-state index contributed by atoms with van der Waals surface area (Å²) in [4.78, 5) is 0. The summed E-state index contributed by atoms with van der Waals surface area (Å²) in [6, 6.07) is 0. The average molecular weight is 237 g/mol. The molecule has 0 radical (unpaired) electrons. The van der Waals surface area contributed by atoms with Gasteiger partial charge in [-0.1, -0.05) is 25.6 Å². The molecule has 0 aromatic carbocycles. The van der Waals surface area contributed by atoms with Crippen molar-refractivity contribution in [1.82, 2.24) is 20.2 Å². The maximum Gasteiger partial charge on any atom is 0.212 e. The molecule has 1 aromatic rings. The third-order valence-electron chi connectivity index (χ3n) is 2.89. The molecule has 0 spiro atoms. The highest BCUT2D eigenvalue weighted by Crippen LogP contribution is 2.31. The van der Waals surface area contributed by atoms with E-state index in [-0.39, 0.29) is 0 Å². The Balaban J connectivity index is 2.02. The van der Waals surface area contributed by atoms with Crippen LogP contribution in [0.2, 0.25) is 0 Å². The molecular weight excluding hydrogens is 222 g/mol. The molecule has 0 amide bonds. The molecule has 3 heterocycles. The normalized spacial score (nSPS) is 23.9. The Labute approximate surface area is 98.7 Å². The Morgan fingerprint density at radius 1 is 1.44 bits per heavy atom. The molecule has 1 atom stereocenters. The lowest BCUT2D eigenvalue weighted by atomic mass is 10.1. The number of aromatic nitrogens is 3. The van der Waals surface area contributed by atoms with Crippen molar-refractivity contribution in [1.29, 1.82) is 0 Å². The van der Waals surface area contributed by atoms with Crippen LogP contribution >= 0.6 is 11.8 Å². The van der Waals surface area contributed by atoms with Crippen LogP contribution in [0.1, 0.15) is 32.0 Å². The average Bonchev–Trinajstić information content (AvgIpc) is 2.68. The van der Waals surface area contributed by atoms with E-state index in [0.717, 1.165) is 30.5 Å². The Bertz CT molecular complexity index is 436. The second-order valence-electron chi connectivity index (χ2n) is 4.46. The first kappa shape index (κ1) is 10.3. The molecule has 3 rings (SSSR count). The first-order chi connectivity index (χ1) is 7.75. The maximum atomic E-state index is 4.70. The number of thioether (sulfide) groups is 1. The van der Waals surface area contributed by atoms with Crippen LogP contribution in [0.4, 0.5) is 0 Å². The van der Waals surface area contributed by atoms with E-state index >= 15 is 0 Å². The van der Waals surface area contributed by atoms with Crippen molar-refractivity contribution >= 4 is 17.5 Å². The third kappa shape index (κ3) is 1.56. The molecular formula is C10H15N5S. The topological polar surface area (TPSA) is 55.1 Å². The smallest absolute Gasteiger partial charge is 0.212 e. The SMILES string of the molecule is CC(C)c1nnc2n1N=C1CCNCC1S2. The number of rotatable bonds is 1. The molecule has 0 saturated carbocycles. The van der Waals surface area contributed by atoms with Crippen LogP contribution in [0.3, 0.4) is 0 Å². The molecule has 6 heteroatoms. The lowest BCUT2D eigenvalue weighted by molar-refractivity contribution is 0.621. The minimum Gasteiger partial charge on any atom is -0.315 e. The predicted molar refractivity (Wildman–Crippen MR) is 64.1 cm³/mol. The van der Waals surface area contributed by atoms with Crippen molar-refractivity contribution in [3.8, 4) is 0 Å². The quantitative estimate of drug-likeness (QED) is 0.794. The molecule has 86 valence electrons. The van der Waals surface area contributed by atoms with Gasteiger partial charge in [0.25, 0.3) is 0 Å². The van der Waals surface area contributed by atoms with Gasteiger partial charge in [-0.3, -0.25) is 0 Å². The monoisotopic (exact) mass is 237 g/mol. The van der Waals surface area contributed by atoms with Gasteiger partial charge in [0.1, 0.15) is 0 Å². The fourth-order valence-electron chi connectivity index (χ4n) is 2.01. The minimum atomic E-state index is 0.365. The molecule has 5 nitrogen and oxygen atoms in total. The first-order valence-electron chi connectivity index (χ1n) is 5.66. The Morgan fingerprint density at radius 2 is 2.31 bits per heavy atom. The van der Waals surface area contributed by atoms with E-state index in [4.69, 9.17) is 5.10 Å². The van der Waals surface area contributed by atoms with Crippen LogP contribution in [0.25, 0.3) is 0 Å². The molecule has 1 N–H and O–H groups in total. The summed E-state index contributed by atoms with van der Waals surface area (Å²) in [7, 11) is 0. The molecule has 1 unspecified atom stereocenters. The van der Waals surface area contributed by atoms with Crippen LogP contribution in [0, 0.1) is 0 Å². The van der Waals surface area contributed by atoms with E-state index in [1.165, 1.54) is 5.71 Å². The van der Waals surface area contributed by atoms with Crippen molar-refractivity contribution in [2.45, 2.75) is 36.6 Å². The highest BCUT2D eigenvalue weighted by atomic mass is 32.2. The van der Waals surface area contributed by atoms with Crippen LogP contribution in [0.15, 0.2) is 10.3 Å². The van der Waals surface area contributed by atoms with E-state index in [0.29, 0.717) is 11.2 Å². The van der Waals surface area contributed by atoms with Crippen molar-refractivity contribution in [3.63, 3.8) is 0 Å². The van der Waals surface area contributed by atoms with Crippen LogP contribution in [-0.4, -0.2) is 38.9 Å². The summed E-state index contributed by atoms with van der Waals surface area (Å²) in [6.45, 7) is 6.27. The molecule has 1 aromatic heterocycles. The number of piperidine rings is 1. The number of nitrogens with one attached hydrogen (secondary N) is 1. The standard InChI is InChI=1S/C10H15N5S/c1-6(2)9-12-13-10-15(9)14-7-3-4-11-5-8(7)16-10/h6,8,11H,3-5H2,1-2H3. The van der Waals surface area contributed by atoms with Crippen molar-refractivity contribution in [3.05, 3.63) is 5.82 Å². The Hall–Kier alpha value is -0.880. The summed E-state index contributed by atoms with van der Waals surface area (Å²) >= 11 is 1.78. The number of hydrogen-bond acceptors (Lipinski definition) is 5. The van der Waals surface area contributed by atoms with Gasteiger partial charge in [0.15, 0.2) is 5.82 Å². The summed E-state index contributed by atoms with van der Waals surface area (Å²) < 4.78 is 1.92. The number of fused-ring (bicyclic) bond motifs is 2. The van der Waals surface area contributed by atoms with Gasteiger partial charge >= 0.3 is 0 Å². The molecule has 1 saturated heterocycles. The van der Waals surface area contributed by atoms with Crippen LogP contribution in [-0.2, 0) is 0 Å². The van der Waals surface area contributed by atoms with E-state index in [1.54, 1.807) is 11.8 Å². The second-order valence-corrected chi connectivity index (χ2v) is 5.63. The van der Waals surface area contributed by atoms with Gasteiger partial charge in [-0.05, 0) is 0 Å². The number of nitrogens with zero attached hydrogens (tertiary/aromatic N) is 4. The number of hydrogen-bond donors (Lipinski definition) is 1. The predicted octanol–water partition coefficient (Wildman–Crippen LogP) is 1.07. The molecule has 0 aliphatic carbocycles. The minimum absolute atomic E-state index is 0.365. The molecule has 16 heavy (non-hydrogen) atoms. The van der Waals surface area contributed by atoms with Gasteiger partial charge in [0, 0.05) is 25.4 Å². The lowest BCUT2D eigenvalue weighted by Crippen LogP contribution is -2.41. The van der Waals surface area contributed by atoms with Gasteiger partial charge in [0.2, 0.25) is 5.16 Å². The van der Waals surface area contributed by atoms with Gasteiger partial charge in [0.05, 0.1) is 11.0 Å². The zero-order chi connectivity index (χ0) is 11.1. The zero-order valence-electron chi connectivity index (χ0n) is 9.47. The highest BCUT2D eigenvalue weighted by Gasteiger charge is 2.29. The fourth-order valence-corrected chi connectivity index (χ4v) is 3.09. The fraction of sp³-hybridized carbons (Fsp3) is 0.700. The van der Waals surface area contributed by atoms with Gasteiger partial charge in [-0.25, -0.2) is 0 Å². The largest absolute Gasteiger partial charge is 0.315 e. The highest BCUT2D eigenvalue weighted by molar-refractivity contribution is 8.00. The van der Waals surface area contributed by atoms with E-state index in [9.17, 15) is 0 Å². The van der Waals surface area contributed by atoms with Crippen LogP contribution in [0.5, 0.6) is 0 Å². The summed E-state index contributed by atoms with van der Waals surface area (Å²) in [5, 5.41) is 17.9. The van der Waals surface area contributed by atoms with E-state index in [1.807, 2.05) is 4.68 Å². The maximum absolute atomic E-state index is 4.70. The molecule has 2 aliphatic heterocycles. The van der Waals surface area contributed by atoms with Crippen molar-refractivity contribution in [2.75, 3.05) is 13.1 Å². The summed E-state index contributed by atoms with van der Waals surface area (Å²) in [5.74, 6) is 1.33. The second kappa shape index (κ2) is 3.85. The zero-order valence-corrected chi connectivity index (χ0v) is 10.3. The first-order valence-corrected chi connectivity index (χ1v) is 6.54. The molecule has 1 fully saturated rings. The van der Waals surface area contributed by atoms with Gasteiger partial charge in [-0.2, -0.15) is 9.78 Å². The van der Waals surface area contributed by atoms with Crippen molar-refractivity contribution < 1.29 is 0 Å². The van der Waals surface area contributed by atoms with Gasteiger partial charge in [-0.15, -0.1) is 10.2 Å². The van der Waals surface area contributed by atoms with Crippen molar-refractivity contribution in [2.24, 2.45) is 5.10 Å². The Morgan fingerprint density at radius 3 is 3.12 bits per heavy atom.